The van der Waals surface area contributed by atoms with E-state index in [-0.39, 0.29) is 6.04 Å². The quantitative estimate of drug-likeness (QED) is 0.822. The maximum atomic E-state index is 5.47. The summed E-state index contributed by atoms with van der Waals surface area (Å²) >= 11 is 1.76. The molecule has 84 valence electrons. The molecule has 1 aromatic heterocycles. The van der Waals surface area contributed by atoms with Gasteiger partial charge in [0.25, 0.3) is 0 Å². The zero-order chi connectivity index (χ0) is 11.0. The Morgan fingerprint density at radius 1 is 1.50 bits per heavy atom. The van der Waals surface area contributed by atoms with Gasteiger partial charge < -0.3 is 10.1 Å². The number of benzene rings is 1. The minimum atomic E-state index is 0.269. The fourth-order valence-corrected chi connectivity index (χ4v) is 3.08. The number of ether oxygens (including phenoxy) is 1. The highest BCUT2D eigenvalue weighted by Crippen LogP contribution is 2.28. The van der Waals surface area contributed by atoms with Crippen LogP contribution in [0.3, 0.4) is 0 Å². The van der Waals surface area contributed by atoms with Crippen LogP contribution in [0.15, 0.2) is 18.2 Å². The van der Waals surface area contributed by atoms with E-state index in [4.69, 9.17) is 9.72 Å². The molecule has 0 spiro atoms. The van der Waals surface area contributed by atoms with Gasteiger partial charge in [0.2, 0.25) is 0 Å². The third-order valence-corrected chi connectivity index (χ3v) is 3.99. The summed E-state index contributed by atoms with van der Waals surface area (Å²) in [6, 6.07) is 6.60. The number of morpholine rings is 1. The van der Waals surface area contributed by atoms with Gasteiger partial charge in [-0.25, -0.2) is 4.98 Å². The van der Waals surface area contributed by atoms with Crippen molar-refractivity contribution >= 4 is 21.6 Å². The molecule has 2 aromatic rings. The highest BCUT2D eigenvalue weighted by molar-refractivity contribution is 7.18. The van der Waals surface area contributed by atoms with Crippen LogP contribution >= 0.6 is 11.3 Å². The van der Waals surface area contributed by atoms with E-state index in [1.807, 2.05) is 0 Å². The van der Waals surface area contributed by atoms with Crippen molar-refractivity contribution in [2.45, 2.75) is 13.0 Å². The molecule has 0 aliphatic carbocycles. The van der Waals surface area contributed by atoms with E-state index in [1.54, 1.807) is 11.3 Å². The van der Waals surface area contributed by atoms with Gasteiger partial charge >= 0.3 is 0 Å². The third-order valence-electron chi connectivity index (χ3n) is 2.86. The van der Waals surface area contributed by atoms with Crippen molar-refractivity contribution in [3.05, 3.63) is 28.8 Å². The fraction of sp³-hybridized carbons (Fsp3) is 0.417. The summed E-state index contributed by atoms with van der Waals surface area (Å²) in [4.78, 5) is 4.71. The van der Waals surface area contributed by atoms with Gasteiger partial charge in [-0.2, -0.15) is 0 Å². The SMILES string of the molecule is Cc1cccc2sc(C3COCCN3)nc12. The van der Waals surface area contributed by atoms with Crippen LogP contribution < -0.4 is 5.32 Å². The summed E-state index contributed by atoms with van der Waals surface area (Å²) in [5.74, 6) is 0. The van der Waals surface area contributed by atoms with Gasteiger partial charge in [-0.1, -0.05) is 12.1 Å². The Morgan fingerprint density at radius 2 is 2.44 bits per heavy atom. The van der Waals surface area contributed by atoms with E-state index >= 15 is 0 Å². The van der Waals surface area contributed by atoms with Gasteiger partial charge in [-0.3, -0.25) is 0 Å². The summed E-state index contributed by atoms with van der Waals surface area (Å²) < 4.78 is 6.73. The van der Waals surface area contributed by atoms with Crippen LogP contribution in [0.25, 0.3) is 10.2 Å². The molecule has 0 amide bonds. The Morgan fingerprint density at radius 3 is 3.19 bits per heavy atom. The standard InChI is InChI=1S/C12H14N2OS/c1-8-3-2-4-10-11(8)14-12(16-10)9-7-15-6-5-13-9/h2-4,9,13H,5-7H2,1H3. The Hall–Kier alpha value is -0.970. The molecule has 1 saturated heterocycles. The molecular weight excluding hydrogens is 220 g/mol. The molecule has 1 atom stereocenters. The maximum absolute atomic E-state index is 5.47. The van der Waals surface area contributed by atoms with Crippen molar-refractivity contribution in [3.63, 3.8) is 0 Å². The first-order valence-electron chi connectivity index (χ1n) is 5.52. The summed E-state index contributed by atoms with van der Waals surface area (Å²) in [5.41, 5.74) is 2.38. The van der Waals surface area contributed by atoms with Crippen LogP contribution in [0, 0.1) is 6.92 Å². The summed E-state index contributed by atoms with van der Waals surface area (Å²) in [5, 5.41) is 4.58. The van der Waals surface area contributed by atoms with Gasteiger partial charge in [0, 0.05) is 6.54 Å². The first kappa shape index (κ1) is 10.2. The largest absolute Gasteiger partial charge is 0.378 e. The van der Waals surface area contributed by atoms with Crippen LogP contribution in [0.5, 0.6) is 0 Å². The monoisotopic (exact) mass is 234 g/mol. The minimum Gasteiger partial charge on any atom is -0.378 e. The number of nitrogens with zero attached hydrogens (tertiary/aromatic N) is 1. The molecule has 1 unspecified atom stereocenters. The highest BCUT2D eigenvalue weighted by Gasteiger charge is 2.19. The third kappa shape index (κ3) is 1.73. The van der Waals surface area contributed by atoms with Crippen molar-refractivity contribution in [2.75, 3.05) is 19.8 Å². The van der Waals surface area contributed by atoms with Crippen molar-refractivity contribution in [1.29, 1.82) is 0 Å². The Balaban J connectivity index is 2.01. The molecule has 1 N–H and O–H groups in total. The molecule has 0 bridgehead atoms. The Labute approximate surface area is 98.5 Å². The average molecular weight is 234 g/mol. The number of hydrogen-bond acceptors (Lipinski definition) is 4. The molecule has 1 aliphatic rings. The zero-order valence-corrected chi connectivity index (χ0v) is 10.0. The predicted molar refractivity (Wildman–Crippen MR) is 65.9 cm³/mol. The fourth-order valence-electron chi connectivity index (χ4n) is 1.98. The number of rotatable bonds is 1. The van der Waals surface area contributed by atoms with Crippen molar-refractivity contribution in [1.82, 2.24) is 10.3 Å². The maximum Gasteiger partial charge on any atom is 0.113 e. The van der Waals surface area contributed by atoms with E-state index in [9.17, 15) is 0 Å². The topological polar surface area (TPSA) is 34.1 Å². The molecule has 1 aliphatic heterocycles. The number of hydrogen-bond donors (Lipinski definition) is 1. The second kappa shape index (κ2) is 4.13. The van der Waals surface area contributed by atoms with Crippen molar-refractivity contribution in [3.8, 4) is 0 Å². The molecule has 1 fully saturated rings. The molecule has 0 saturated carbocycles. The number of para-hydroxylation sites is 1. The van der Waals surface area contributed by atoms with Crippen LogP contribution in [0.1, 0.15) is 16.6 Å². The lowest BCUT2D eigenvalue weighted by Crippen LogP contribution is -2.34. The molecule has 3 rings (SSSR count). The Bertz CT molecular complexity index is 503. The number of fused-ring (bicyclic) bond motifs is 1. The smallest absolute Gasteiger partial charge is 0.113 e. The Kier molecular flexibility index (Phi) is 2.63. The molecule has 3 nitrogen and oxygen atoms in total. The zero-order valence-electron chi connectivity index (χ0n) is 9.19. The van der Waals surface area contributed by atoms with Gasteiger partial charge in [-0.05, 0) is 18.6 Å². The molecule has 1 aromatic carbocycles. The first-order chi connectivity index (χ1) is 7.84. The second-order valence-corrected chi connectivity index (χ2v) is 5.12. The molecule has 0 radical (unpaired) electrons. The van der Waals surface area contributed by atoms with E-state index in [1.165, 1.54) is 10.3 Å². The van der Waals surface area contributed by atoms with Crippen LogP contribution in [0.2, 0.25) is 0 Å². The molecule has 2 heterocycles. The van der Waals surface area contributed by atoms with Crippen LogP contribution in [-0.4, -0.2) is 24.7 Å². The number of aryl methyl sites for hydroxylation is 1. The van der Waals surface area contributed by atoms with E-state index in [2.05, 4.69) is 30.4 Å². The highest BCUT2D eigenvalue weighted by atomic mass is 32.1. The minimum absolute atomic E-state index is 0.269. The van der Waals surface area contributed by atoms with Crippen molar-refractivity contribution in [2.24, 2.45) is 0 Å². The number of thiazole rings is 1. The molecule has 16 heavy (non-hydrogen) atoms. The molecular formula is C12H14N2OS. The summed E-state index contributed by atoms with van der Waals surface area (Å²) in [6.45, 7) is 4.56. The van der Waals surface area contributed by atoms with Crippen LogP contribution in [0.4, 0.5) is 0 Å². The van der Waals surface area contributed by atoms with Gasteiger partial charge in [0.1, 0.15) is 5.01 Å². The lowest BCUT2D eigenvalue weighted by molar-refractivity contribution is 0.0768. The van der Waals surface area contributed by atoms with Crippen LogP contribution in [-0.2, 0) is 4.74 Å². The average Bonchev–Trinajstić information content (AvgIpc) is 2.76. The van der Waals surface area contributed by atoms with E-state index in [0.29, 0.717) is 0 Å². The lowest BCUT2D eigenvalue weighted by atomic mass is 10.2. The summed E-state index contributed by atoms with van der Waals surface area (Å²) in [7, 11) is 0. The number of nitrogens with one attached hydrogen (secondary N) is 1. The second-order valence-electron chi connectivity index (χ2n) is 4.06. The van der Waals surface area contributed by atoms with E-state index in [0.717, 1.165) is 30.3 Å². The van der Waals surface area contributed by atoms with Gasteiger partial charge in [-0.15, -0.1) is 11.3 Å². The summed E-state index contributed by atoms with van der Waals surface area (Å²) in [6.07, 6.45) is 0. The molecule has 4 heteroatoms. The van der Waals surface area contributed by atoms with Gasteiger partial charge in [0.15, 0.2) is 0 Å². The predicted octanol–water partition coefficient (Wildman–Crippen LogP) is 2.27. The number of aromatic nitrogens is 1. The normalized spacial score (nSPS) is 21.4. The van der Waals surface area contributed by atoms with E-state index < -0.39 is 0 Å². The van der Waals surface area contributed by atoms with Crippen molar-refractivity contribution < 1.29 is 4.74 Å². The van der Waals surface area contributed by atoms with Gasteiger partial charge in [0.05, 0.1) is 29.5 Å². The first-order valence-corrected chi connectivity index (χ1v) is 6.33. The lowest BCUT2D eigenvalue weighted by Gasteiger charge is -2.21.